The lowest BCUT2D eigenvalue weighted by atomic mass is 10.1. The summed E-state index contributed by atoms with van der Waals surface area (Å²) in [4.78, 5) is 14.1. The SMILES string of the molecule is CC(C)(C)OC(=O)N(Cc1cccc(CCO)c1)Cc1ccccc1F. The van der Waals surface area contributed by atoms with Gasteiger partial charge in [0.15, 0.2) is 0 Å². The molecule has 4 nitrogen and oxygen atoms in total. The third kappa shape index (κ3) is 6.15. The molecular formula is C21H26FNO3. The van der Waals surface area contributed by atoms with Crippen LogP contribution in [0.1, 0.15) is 37.5 Å². The second-order valence-electron chi connectivity index (χ2n) is 7.22. The Balaban J connectivity index is 2.23. The molecule has 0 atom stereocenters. The van der Waals surface area contributed by atoms with Crippen molar-refractivity contribution in [3.63, 3.8) is 0 Å². The van der Waals surface area contributed by atoms with Gasteiger partial charge in [-0.15, -0.1) is 0 Å². The molecule has 0 aliphatic carbocycles. The number of aliphatic hydroxyl groups is 1. The maximum absolute atomic E-state index is 14.0. The summed E-state index contributed by atoms with van der Waals surface area (Å²) >= 11 is 0. The van der Waals surface area contributed by atoms with Crippen LogP contribution in [0.25, 0.3) is 0 Å². The number of benzene rings is 2. The van der Waals surface area contributed by atoms with E-state index in [-0.39, 0.29) is 19.0 Å². The molecule has 0 radical (unpaired) electrons. The Morgan fingerprint density at radius 1 is 1.08 bits per heavy atom. The fraction of sp³-hybridized carbons (Fsp3) is 0.381. The summed E-state index contributed by atoms with van der Waals surface area (Å²) in [6.07, 6.45) is 0.0569. The molecule has 0 saturated heterocycles. The van der Waals surface area contributed by atoms with Gasteiger partial charge in [-0.25, -0.2) is 9.18 Å². The number of carbonyl (C=O) groups excluding carboxylic acids is 1. The Morgan fingerprint density at radius 3 is 2.42 bits per heavy atom. The number of aliphatic hydroxyl groups excluding tert-OH is 1. The summed E-state index contributed by atoms with van der Waals surface area (Å²) in [7, 11) is 0. The zero-order chi connectivity index (χ0) is 19.2. The van der Waals surface area contributed by atoms with Gasteiger partial charge in [-0.3, -0.25) is 4.90 Å². The van der Waals surface area contributed by atoms with Gasteiger partial charge in [-0.05, 0) is 44.4 Å². The number of hydrogen-bond acceptors (Lipinski definition) is 3. The van der Waals surface area contributed by atoms with Crippen LogP contribution in [0.3, 0.4) is 0 Å². The largest absolute Gasteiger partial charge is 0.444 e. The van der Waals surface area contributed by atoms with E-state index in [4.69, 9.17) is 9.84 Å². The Kier molecular flexibility index (Phi) is 6.75. The number of ether oxygens (including phenoxy) is 1. The number of nitrogens with zero attached hydrogens (tertiary/aromatic N) is 1. The molecule has 0 fully saturated rings. The Morgan fingerprint density at radius 2 is 1.77 bits per heavy atom. The van der Waals surface area contributed by atoms with Crippen molar-refractivity contribution in [1.29, 1.82) is 0 Å². The molecule has 0 heterocycles. The molecule has 0 saturated carbocycles. The first-order chi connectivity index (χ1) is 12.3. The molecule has 2 aromatic carbocycles. The molecule has 26 heavy (non-hydrogen) atoms. The minimum atomic E-state index is -0.636. The summed E-state index contributed by atoms with van der Waals surface area (Å²) < 4.78 is 19.5. The van der Waals surface area contributed by atoms with Crippen LogP contribution < -0.4 is 0 Å². The Labute approximate surface area is 154 Å². The molecule has 0 spiro atoms. The normalized spacial score (nSPS) is 11.3. The van der Waals surface area contributed by atoms with Crippen LogP contribution in [0.4, 0.5) is 9.18 Å². The third-order valence-electron chi connectivity index (χ3n) is 3.74. The minimum absolute atomic E-state index is 0.0639. The lowest BCUT2D eigenvalue weighted by Crippen LogP contribution is -2.36. The van der Waals surface area contributed by atoms with Gasteiger partial charge < -0.3 is 9.84 Å². The zero-order valence-corrected chi connectivity index (χ0v) is 15.5. The predicted molar refractivity (Wildman–Crippen MR) is 99.1 cm³/mol. The lowest BCUT2D eigenvalue weighted by Gasteiger charge is -2.28. The van der Waals surface area contributed by atoms with Gasteiger partial charge in [0.1, 0.15) is 11.4 Å². The van der Waals surface area contributed by atoms with Gasteiger partial charge in [0.25, 0.3) is 0 Å². The third-order valence-corrected chi connectivity index (χ3v) is 3.74. The van der Waals surface area contributed by atoms with Crippen LogP contribution >= 0.6 is 0 Å². The molecule has 2 rings (SSSR count). The van der Waals surface area contributed by atoms with E-state index in [0.29, 0.717) is 18.5 Å². The molecule has 0 aliphatic rings. The minimum Gasteiger partial charge on any atom is -0.444 e. The molecule has 1 N–H and O–H groups in total. The van der Waals surface area contributed by atoms with Crippen LogP contribution in [-0.4, -0.2) is 28.3 Å². The van der Waals surface area contributed by atoms with E-state index in [0.717, 1.165) is 11.1 Å². The average molecular weight is 359 g/mol. The molecule has 0 bridgehead atoms. The van der Waals surface area contributed by atoms with E-state index in [9.17, 15) is 9.18 Å². The van der Waals surface area contributed by atoms with Crippen molar-refractivity contribution in [3.05, 3.63) is 71.0 Å². The number of carbonyl (C=O) groups is 1. The highest BCUT2D eigenvalue weighted by Crippen LogP contribution is 2.18. The molecule has 0 aliphatic heterocycles. The smallest absolute Gasteiger partial charge is 0.410 e. The van der Waals surface area contributed by atoms with E-state index in [2.05, 4.69) is 0 Å². The van der Waals surface area contributed by atoms with Crippen molar-refractivity contribution in [2.24, 2.45) is 0 Å². The van der Waals surface area contributed by atoms with E-state index < -0.39 is 11.7 Å². The van der Waals surface area contributed by atoms with E-state index >= 15 is 0 Å². The Hall–Kier alpha value is -2.40. The second kappa shape index (κ2) is 8.81. The van der Waals surface area contributed by atoms with Crippen molar-refractivity contribution in [1.82, 2.24) is 4.90 Å². The molecule has 1 amide bonds. The summed E-state index contributed by atoms with van der Waals surface area (Å²) in [5.74, 6) is -0.352. The highest BCUT2D eigenvalue weighted by atomic mass is 19.1. The van der Waals surface area contributed by atoms with Crippen molar-refractivity contribution in [3.8, 4) is 0 Å². The number of hydrogen-bond donors (Lipinski definition) is 1. The van der Waals surface area contributed by atoms with Gasteiger partial charge >= 0.3 is 6.09 Å². The van der Waals surface area contributed by atoms with E-state index in [1.165, 1.54) is 11.0 Å². The summed E-state index contributed by atoms with van der Waals surface area (Å²) in [6.45, 7) is 5.87. The number of amides is 1. The Bertz CT molecular complexity index is 740. The second-order valence-corrected chi connectivity index (χ2v) is 7.22. The van der Waals surface area contributed by atoms with Crippen molar-refractivity contribution in [2.45, 2.75) is 45.9 Å². The molecule has 0 unspecified atom stereocenters. The standard InChI is InChI=1S/C21H26FNO3/c1-21(2,3)26-20(25)23(15-18-9-4-5-10-19(18)22)14-17-8-6-7-16(13-17)11-12-24/h4-10,13,24H,11-12,14-15H2,1-3H3. The molecule has 140 valence electrons. The van der Waals surface area contributed by atoms with Crippen LogP contribution in [0.2, 0.25) is 0 Å². The van der Waals surface area contributed by atoms with Crippen LogP contribution in [0.15, 0.2) is 48.5 Å². The zero-order valence-electron chi connectivity index (χ0n) is 15.5. The predicted octanol–water partition coefficient (Wildman–Crippen LogP) is 4.30. The van der Waals surface area contributed by atoms with Gasteiger partial charge in [-0.1, -0.05) is 42.5 Å². The van der Waals surface area contributed by atoms with Crippen molar-refractivity contribution < 1.29 is 19.0 Å². The monoisotopic (exact) mass is 359 g/mol. The number of rotatable bonds is 6. The molecule has 5 heteroatoms. The van der Waals surface area contributed by atoms with Crippen LogP contribution in [0.5, 0.6) is 0 Å². The van der Waals surface area contributed by atoms with Crippen molar-refractivity contribution >= 4 is 6.09 Å². The van der Waals surface area contributed by atoms with E-state index in [1.807, 2.05) is 24.3 Å². The van der Waals surface area contributed by atoms with Gasteiger partial charge in [-0.2, -0.15) is 0 Å². The molecular weight excluding hydrogens is 333 g/mol. The maximum atomic E-state index is 14.0. The fourth-order valence-corrected chi connectivity index (χ4v) is 2.58. The van der Waals surface area contributed by atoms with Gasteiger partial charge in [0.05, 0.1) is 6.54 Å². The van der Waals surface area contributed by atoms with Gasteiger partial charge in [0.2, 0.25) is 0 Å². The summed E-state index contributed by atoms with van der Waals surface area (Å²) in [5, 5.41) is 9.11. The fourth-order valence-electron chi connectivity index (χ4n) is 2.58. The van der Waals surface area contributed by atoms with Crippen molar-refractivity contribution in [2.75, 3.05) is 6.61 Å². The summed E-state index contributed by atoms with van der Waals surface area (Å²) in [6, 6.07) is 14.1. The molecule has 2 aromatic rings. The average Bonchev–Trinajstić information content (AvgIpc) is 2.55. The first-order valence-electron chi connectivity index (χ1n) is 8.68. The number of halogens is 1. The lowest BCUT2D eigenvalue weighted by molar-refractivity contribution is 0.0214. The highest BCUT2D eigenvalue weighted by molar-refractivity contribution is 5.68. The topological polar surface area (TPSA) is 49.8 Å². The van der Waals surface area contributed by atoms with E-state index in [1.54, 1.807) is 39.0 Å². The van der Waals surface area contributed by atoms with Crippen LogP contribution in [0, 0.1) is 5.82 Å². The highest BCUT2D eigenvalue weighted by Gasteiger charge is 2.23. The first kappa shape index (κ1) is 19.9. The quantitative estimate of drug-likeness (QED) is 0.837. The first-order valence-corrected chi connectivity index (χ1v) is 8.68. The summed E-state index contributed by atoms with van der Waals surface area (Å²) in [5.41, 5.74) is 1.69. The van der Waals surface area contributed by atoms with Gasteiger partial charge in [0, 0.05) is 18.7 Å². The molecule has 0 aromatic heterocycles. The van der Waals surface area contributed by atoms with Crippen LogP contribution in [-0.2, 0) is 24.2 Å². The maximum Gasteiger partial charge on any atom is 0.410 e.